The first kappa shape index (κ1) is 24.5. The van der Waals surface area contributed by atoms with Crippen molar-refractivity contribution in [2.24, 2.45) is 0 Å². The Morgan fingerprint density at radius 3 is 2.52 bits per heavy atom. The fourth-order valence-electron chi connectivity index (χ4n) is 3.25. The molecule has 0 amide bonds. The van der Waals surface area contributed by atoms with Gasteiger partial charge in [-0.1, -0.05) is 47.5 Å². The lowest BCUT2D eigenvalue weighted by Gasteiger charge is -2.04. The predicted molar refractivity (Wildman–Crippen MR) is 125 cm³/mol. The Bertz CT molecular complexity index is 1400. The van der Waals surface area contributed by atoms with E-state index in [-0.39, 0.29) is 18.0 Å². The molecule has 0 unspecified atom stereocenters. The summed E-state index contributed by atoms with van der Waals surface area (Å²) in [7, 11) is 1.49. The second-order valence-electron chi connectivity index (χ2n) is 7.08. The topological polar surface area (TPSA) is 60.4 Å². The van der Waals surface area contributed by atoms with Crippen molar-refractivity contribution < 1.29 is 30.9 Å². The highest BCUT2D eigenvalue weighted by Crippen LogP contribution is 2.25. The molecule has 0 spiro atoms. The van der Waals surface area contributed by atoms with Crippen LogP contribution in [0.3, 0.4) is 0 Å². The number of halogens is 3. The van der Waals surface area contributed by atoms with Gasteiger partial charge in [-0.25, -0.2) is 9.36 Å². The molecule has 33 heavy (non-hydrogen) atoms. The molecule has 0 aliphatic heterocycles. The molecular formula is C25H18Cl3NO4. The van der Waals surface area contributed by atoms with E-state index in [2.05, 4.69) is 0 Å². The zero-order chi connectivity index (χ0) is 22.7. The third kappa shape index (κ3) is 5.63. The summed E-state index contributed by atoms with van der Waals surface area (Å²) in [6.07, 6.45) is 6.80. The monoisotopic (exact) mass is 501 g/mol. The third-order valence-electron chi connectivity index (χ3n) is 4.90. The quantitative estimate of drug-likeness (QED) is 0.176. The molecule has 0 aliphatic carbocycles. The van der Waals surface area contributed by atoms with E-state index in [4.69, 9.17) is 32.4 Å². The molecule has 2 aromatic carbocycles. The van der Waals surface area contributed by atoms with Gasteiger partial charge in [-0.15, -0.1) is 0 Å². The van der Waals surface area contributed by atoms with Crippen molar-refractivity contribution >= 4 is 46.0 Å². The Kier molecular flexibility index (Phi) is 7.92. The lowest BCUT2D eigenvalue weighted by atomic mass is 10.1. The van der Waals surface area contributed by atoms with Crippen molar-refractivity contribution in [3.05, 3.63) is 110 Å². The molecule has 0 radical (unpaired) electrons. The Labute approximate surface area is 206 Å². The molecule has 4 rings (SSSR count). The Morgan fingerprint density at radius 2 is 1.82 bits per heavy atom. The van der Waals surface area contributed by atoms with E-state index in [1.165, 1.54) is 19.3 Å². The number of hydrogen-bond donors (Lipinski definition) is 0. The van der Waals surface area contributed by atoms with Gasteiger partial charge in [0.1, 0.15) is 5.56 Å². The van der Waals surface area contributed by atoms with Gasteiger partial charge in [0.15, 0.2) is 36.1 Å². The van der Waals surface area contributed by atoms with E-state index < -0.39 is 11.4 Å². The van der Waals surface area contributed by atoms with Gasteiger partial charge in [-0.05, 0) is 35.9 Å². The minimum atomic E-state index is -0.704. The molecule has 0 atom stereocenters. The lowest BCUT2D eigenvalue weighted by Crippen LogP contribution is -3.00. The van der Waals surface area contributed by atoms with E-state index in [0.717, 1.165) is 11.1 Å². The summed E-state index contributed by atoms with van der Waals surface area (Å²) in [6, 6.07) is 16.0. The first-order valence-electron chi connectivity index (χ1n) is 9.71. The number of ether oxygens (including phenoxy) is 1. The number of ketones is 1. The smallest absolute Gasteiger partial charge is 0.347 e. The molecule has 0 saturated carbocycles. The van der Waals surface area contributed by atoms with E-state index >= 15 is 0 Å². The second kappa shape index (κ2) is 10.7. The molecule has 2 heterocycles. The molecule has 4 aromatic rings. The summed E-state index contributed by atoms with van der Waals surface area (Å²) in [4.78, 5) is 24.9. The Hall–Kier alpha value is -3.12. The fourth-order valence-corrected chi connectivity index (χ4v) is 3.57. The number of aromatic nitrogens is 1. The summed E-state index contributed by atoms with van der Waals surface area (Å²) in [5.41, 5.74) is 1.41. The third-order valence-corrected chi connectivity index (χ3v) is 5.64. The Balaban J connectivity index is 0.00000306. The number of hydrogen-bond acceptors (Lipinski definition) is 4. The largest absolute Gasteiger partial charge is 1.00 e. The van der Waals surface area contributed by atoms with E-state index in [0.29, 0.717) is 33.3 Å². The number of carbonyl (C=O) groups excluding carboxylic acids is 1. The van der Waals surface area contributed by atoms with Crippen LogP contribution in [0.2, 0.25) is 10.0 Å². The van der Waals surface area contributed by atoms with Crippen molar-refractivity contribution in [3.8, 4) is 5.75 Å². The van der Waals surface area contributed by atoms with Crippen LogP contribution in [0, 0.1) is 0 Å². The van der Waals surface area contributed by atoms with Crippen LogP contribution in [0.5, 0.6) is 5.75 Å². The zero-order valence-corrected chi connectivity index (χ0v) is 19.7. The molecular weight excluding hydrogens is 485 g/mol. The van der Waals surface area contributed by atoms with E-state index in [1.54, 1.807) is 30.3 Å². The van der Waals surface area contributed by atoms with Gasteiger partial charge in [0, 0.05) is 23.1 Å². The number of para-hydroxylation sites is 1. The van der Waals surface area contributed by atoms with Crippen molar-refractivity contribution in [2.45, 2.75) is 6.54 Å². The van der Waals surface area contributed by atoms with Crippen LogP contribution < -0.4 is 27.3 Å². The summed E-state index contributed by atoms with van der Waals surface area (Å²) in [6.45, 7) is 0.626. The average molecular weight is 503 g/mol. The number of nitrogens with zero attached hydrogens (tertiary/aromatic N) is 1. The molecule has 8 heteroatoms. The van der Waals surface area contributed by atoms with Gasteiger partial charge >= 0.3 is 5.63 Å². The maximum atomic E-state index is 12.6. The van der Waals surface area contributed by atoms with Crippen LogP contribution in [0.1, 0.15) is 21.5 Å². The van der Waals surface area contributed by atoms with Crippen molar-refractivity contribution in [1.29, 1.82) is 0 Å². The highest BCUT2D eigenvalue weighted by atomic mass is 35.5. The van der Waals surface area contributed by atoms with Crippen LogP contribution in [-0.4, -0.2) is 12.9 Å². The van der Waals surface area contributed by atoms with Gasteiger partial charge in [-0.3, -0.25) is 4.79 Å². The molecule has 2 aromatic heterocycles. The van der Waals surface area contributed by atoms with E-state index in [1.807, 2.05) is 41.2 Å². The van der Waals surface area contributed by atoms with Crippen LogP contribution >= 0.6 is 23.2 Å². The van der Waals surface area contributed by atoms with Gasteiger partial charge < -0.3 is 21.6 Å². The fraction of sp³-hybridized carbons (Fsp3) is 0.0800. The highest BCUT2D eigenvalue weighted by Gasteiger charge is 2.13. The molecule has 0 N–H and O–H groups in total. The van der Waals surface area contributed by atoms with Gasteiger partial charge in [0.2, 0.25) is 0 Å². The summed E-state index contributed by atoms with van der Waals surface area (Å²) in [5, 5.41) is 1.65. The molecule has 168 valence electrons. The zero-order valence-electron chi connectivity index (χ0n) is 17.4. The van der Waals surface area contributed by atoms with Gasteiger partial charge in [0.05, 0.1) is 17.2 Å². The number of methoxy groups -OCH3 is 1. The maximum Gasteiger partial charge on any atom is 0.347 e. The molecule has 0 aliphatic rings. The van der Waals surface area contributed by atoms with Crippen molar-refractivity contribution in [2.75, 3.05) is 7.11 Å². The number of carbonyl (C=O) groups is 1. The van der Waals surface area contributed by atoms with Crippen LogP contribution in [0.15, 0.2) is 82.3 Å². The van der Waals surface area contributed by atoms with Crippen LogP contribution in [0.4, 0.5) is 0 Å². The number of rotatable bonds is 6. The molecule has 5 nitrogen and oxygen atoms in total. The number of pyridine rings is 1. The number of fused-ring (bicyclic) bond motifs is 1. The first-order valence-corrected chi connectivity index (χ1v) is 10.5. The number of allylic oxidation sites excluding steroid dienone is 1. The van der Waals surface area contributed by atoms with Gasteiger partial charge in [-0.2, -0.15) is 0 Å². The molecule has 0 bridgehead atoms. The van der Waals surface area contributed by atoms with E-state index in [9.17, 15) is 9.59 Å². The standard InChI is InChI=1S/C25H18Cl2NO4.ClH/c1-31-23-4-2-3-18-14-19(25(30)32-24(18)23)22(29)8-6-16-9-11-28(12-10-16)15-17-5-7-20(26)21(27)13-17;/h2-14H,15H2,1H3;1H/q+1;/p-1/b8-6+;. The van der Waals surface area contributed by atoms with Crippen molar-refractivity contribution in [3.63, 3.8) is 0 Å². The minimum Gasteiger partial charge on any atom is -1.00 e. The van der Waals surface area contributed by atoms with Crippen LogP contribution in [-0.2, 0) is 6.54 Å². The van der Waals surface area contributed by atoms with Crippen LogP contribution in [0.25, 0.3) is 17.0 Å². The normalized spacial score (nSPS) is 10.9. The minimum absolute atomic E-state index is 0. The maximum absolute atomic E-state index is 12.6. The SMILES string of the molecule is COc1cccc2cc(C(=O)/C=C/c3cc[n+](Cc4ccc(Cl)c(Cl)c4)cc3)c(=O)oc12.[Cl-]. The summed E-state index contributed by atoms with van der Waals surface area (Å²) in [5.74, 6) is 0.00334. The first-order chi connectivity index (χ1) is 15.4. The highest BCUT2D eigenvalue weighted by molar-refractivity contribution is 6.42. The predicted octanol–water partition coefficient (Wildman–Crippen LogP) is 2.34. The summed E-state index contributed by atoms with van der Waals surface area (Å²) < 4.78 is 12.5. The molecule has 0 fully saturated rings. The number of benzene rings is 2. The van der Waals surface area contributed by atoms with Gasteiger partial charge in [0.25, 0.3) is 0 Å². The Morgan fingerprint density at radius 1 is 1.06 bits per heavy atom. The summed E-state index contributed by atoms with van der Waals surface area (Å²) >= 11 is 12.0. The lowest BCUT2D eigenvalue weighted by molar-refractivity contribution is -0.688. The van der Waals surface area contributed by atoms with Crippen molar-refractivity contribution in [1.82, 2.24) is 0 Å². The molecule has 0 saturated heterocycles. The average Bonchev–Trinajstić information content (AvgIpc) is 2.80. The second-order valence-corrected chi connectivity index (χ2v) is 7.89.